The number of carboxylic acids is 1. The first-order chi connectivity index (χ1) is 13.3. The third-order valence-corrected chi connectivity index (χ3v) is 5.50. The van der Waals surface area contributed by atoms with Crippen molar-refractivity contribution in [3.63, 3.8) is 0 Å². The summed E-state index contributed by atoms with van der Waals surface area (Å²) < 4.78 is 0. The Morgan fingerprint density at radius 3 is 2.25 bits per heavy atom. The minimum atomic E-state index is -0.917. The minimum absolute atomic E-state index is 0.117. The summed E-state index contributed by atoms with van der Waals surface area (Å²) in [4.78, 5) is 28.0. The van der Waals surface area contributed by atoms with Gasteiger partial charge in [0.25, 0.3) is 0 Å². The highest BCUT2D eigenvalue weighted by Crippen LogP contribution is 2.21. The van der Waals surface area contributed by atoms with Gasteiger partial charge in [-0.25, -0.2) is 4.79 Å². The Kier molecular flexibility index (Phi) is 6.37. The molecule has 1 heterocycles. The van der Waals surface area contributed by atoms with E-state index in [-0.39, 0.29) is 18.0 Å². The van der Waals surface area contributed by atoms with Gasteiger partial charge in [0.05, 0.1) is 12.0 Å². The summed E-state index contributed by atoms with van der Waals surface area (Å²) in [5.74, 6) is -0.799. The molecule has 0 spiro atoms. The van der Waals surface area contributed by atoms with Gasteiger partial charge in [-0.15, -0.1) is 0 Å². The van der Waals surface area contributed by atoms with Crippen LogP contribution in [-0.4, -0.2) is 52.0 Å². The number of aromatic carboxylic acids is 1. The first-order valence-corrected chi connectivity index (χ1v) is 9.81. The minimum Gasteiger partial charge on any atom is -0.478 e. The lowest BCUT2D eigenvalue weighted by Gasteiger charge is -2.44. The lowest BCUT2D eigenvalue weighted by atomic mass is 10.0. The van der Waals surface area contributed by atoms with Gasteiger partial charge in [0.15, 0.2) is 0 Å². The maximum atomic E-state index is 12.7. The zero-order valence-electron chi connectivity index (χ0n) is 16.1. The molecule has 148 valence electrons. The standard InChI is InChI=1S/C22H25ClN2O3/c1-15-12-24(21(26)11-18-4-3-5-20(23)10-18)13-16(2)25(15)14-17-6-8-19(9-7-17)22(27)28/h3-10,15-16H,11-14H2,1-2H3,(H,27,28)/t15-,16+. The molecule has 0 bridgehead atoms. The number of rotatable bonds is 5. The largest absolute Gasteiger partial charge is 0.478 e. The summed E-state index contributed by atoms with van der Waals surface area (Å²) in [6.45, 7) is 6.34. The molecule has 6 heteroatoms. The number of hydrogen-bond acceptors (Lipinski definition) is 3. The molecule has 3 rings (SSSR count). The van der Waals surface area contributed by atoms with Crippen LogP contribution in [0.1, 0.15) is 35.3 Å². The average Bonchev–Trinajstić information content (AvgIpc) is 2.65. The Hall–Kier alpha value is -2.37. The first kappa shape index (κ1) is 20.4. The molecule has 1 amide bonds. The highest BCUT2D eigenvalue weighted by atomic mass is 35.5. The topological polar surface area (TPSA) is 60.9 Å². The average molecular weight is 401 g/mol. The summed E-state index contributed by atoms with van der Waals surface area (Å²) in [5, 5.41) is 9.67. The number of carboxylic acid groups (broad SMARTS) is 1. The van der Waals surface area contributed by atoms with Crippen LogP contribution in [0.2, 0.25) is 5.02 Å². The predicted molar refractivity (Wildman–Crippen MR) is 110 cm³/mol. The maximum Gasteiger partial charge on any atom is 0.335 e. The number of hydrogen-bond donors (Lipinski definition) is 1. The molecule has 0 aromatic heterocycles. The fourth-order valence-corrected chi connectivity index (χ4v) is 3.98. The van der Waals surface area contributed by atoms with Crippen LogP contribution >= 0.6 is 11.6 Å². The second-order valence-corrected chi connectivity index (χ2v) is 7.91. The molecule has 2 aromatic carbocycles. The van der Waals surface area contributed by atoms with Crippen LogP contribution in [0.25, 0.3) is 0 Å². The van der Waals surface area contributed by atoms with Crippen molar-refractivity contribution in [2.75, 3.05) is 13.1 Å². The Labute approximate surface area is 170 Å². The quantitative estimate of drug-likeness (QED) is 0.831. The maximum absolute atomic E-state index is 12.7. The van der Waals surface area contributed by atoms with E-state index in [1.54, 1.807) is 18.2 Å². The van der Waals surface area contributed by atoms with Gasteiger partial charge in [-0.05, 0) is 49.2 Å². The molecule has 1 aliphatic heterocycles. The van der Waals surface area contributed by atoms with Crippen molar-refractivity contribution in [3.8, 4) is 0 Å². The molecule has 2 aromatic rings. The second-order valence-electron chi connectivity index (χ2n) is 7.48. The van der Waals surface area contributed by atoms with Crippen molar-refractivity contribution in [1.29, 1.82) is 0 Å². The van der Waals surface area contributed by atoms with Crippen molar-refractivity contribution in [2.45, 2.75) is 38.9 Å². The SMILES string of the molecule is C[C@@H]1CN(C(=O)Cc2cccc(Cl)c2)C[C@H](C)N1Cc1ccc(C(=O)O)cc1. The highest BCUT2D eigenvalue weighted by Gasteiger charge is 2.31. The van der Waals surface area contributed by atoms with E-state index < -0.39 is 5.97 Å². The number of carbonyl (C=O) groups excluding carboxylic acids is 1. The van der Waals surface area contributed by atoms with Crippen LogP contribution < -0.4 is 0 Å². The van der Waals surface area contributed by atoms with Crippen LogP contribution in [0.5, 0.6) is 0 Å². The normalized spacial score (nSPS) is 20.2. The van der Waals surface area contributed by atoms with E-state index in [4.69, 9.17) is 16.7 Å². The third-order valence-electron chi connectivity index (χ3n) is 5.26. The molecule has 0 radical (unpaired) electrons. The van der Waals surface area contributed by atoms with Gasteiger partial charge < -0.3 is 10.0 Å². The van der Waals surface area contributed by atoms with E-state index in [1.807, 2.05) is 35.2 Å². The predicted octanol–water partition coefficient (Wildman–Crippen LogP) is 3.70. The van der Waals surface area contributed by atoms with Crippen LogP contribution in [0, 0.1) is 0 Å². The number of halogens is 1. The highest BCUT2D eigenvalue weighted by molar-refractivity contribution is 6.30. The molecule has 0 unspecified atom stereocenters. The Bertz CT molecular complexity index is 841. The molecule has 0 aliphatic carbocycles. The van der Waals surface area contributed by atoms with Crippen LogP contribution in [0.3, 0.4) is 0 Å². The number of amides is 1. The summed E-state index contributed by atoms with van der Waals surface area (Å²) in [5.41, 5.74) is 2.29. The zero-order chi connectivity index (χ0) is 20.3. The Morgan fingerprint density at radius 1 is 1.04 bits per heavy atom. The van der Waals surface area contributed by atoms with Gasteiger partial charge in [-0.3, -0.25) is 9.69 Å². The van der Waals surface area contributed by atoms with Gasteiger partial charge in [-0.1, -0.05) is 35.9 Å². The van der Waals surface area contributed by atoms with Gasteiger partial charge in [0, 0.05) is 36.7 Å². The third kappa shape index (κ3) is 4.91. The molecular formula is C22H25ClN2O3. The summed E-state index contributed by atoms with van der Waals surface area (Å²) >= 11 is 6.02. The lowest BCUT2D eigenvalue weighted by molar-refractivity contribution is -0.135. The Morgan fingerprint density at radius 2 is 1.68 bits per heavy atom. The molecule has 0 saturated carbocycles. The smallest absolute Gasteiger partial charge is 0.335 e. The molecule has 2 atom stereocenters. The fourth-order valence-electron chi connectivity index (χ4n) is 3.77. The summed E-state index contributed by atoms with van der Waals surface area (Å²) in [7, 11) is 0. The Balaban J connectivity index is 1.61. The molecule has 5 nitrogen and oxygen atoms in total. The van der Waals surface area contributed by atoms with Crippen LogP contribution in [-0.2, 0) is 17.8 Å². The molecule has 1 aliphatic rings. The molecule has 1 fully saturated rings. The molecule has 1 saturated heterocycles. The molecule has 1 N–H and O–H groups in total. The van der Waals surface area contributed by atoms with Gasteiger partial charge in [-0.2, -0.15) is 0 Å². The number of nitrogens with zero attached hydrogens (tertiary/aromatic N) is 2. The van der Waals surface area contributed by atoms with Crippen molar-refractivity contribution in [2.24, 2.45) is 0 Å². The number of benzene rings is 2. The van der Waals surface area contributed by atoms with Crippen molar-refractivity contribution < 1.29 is 14.7 Å². The number of carbonyl (C=O) groups is 2. The first-order valence-electron chi connectivity index (χ1n) is 9.43. The van der Waals surface area contributed by atoms with E-state index in [9.17, 15) is 9.59 Å². The van der Waals surface area contributed by atoms with Crippen LogP contribution in [0.4, 0.5) is 0 Å². The fraction of sp³-hybridized carbons (Fsp3) is 0.364. The van der Waals surface area contributed by atoms with Crippen molar-refractivity contribution in [1.82, 2.24) is 9.80 Å². The van der Waals surface area contributed by atoms with Gasteiger partial charge >= 0.3 is 5.97 Å². The van der Waals surface area contributed by atoms with E-state index in [0.717, 1.165) is 17.7 Å². The number of piperazine rings is 1. The second kappa shape index (κ2) is 8.76. The van der Waals surface area contributed by atoms with Gasteiger partial charge in [0.1, 0.15) is 0 Å². The van der Waals surface area contributed by atoms with E-state index in [1.165, 1.54) is 0 Å². The van der Waals surface area contributed by atoms with E-state index in [2.05, 4.69) is 18.7 Å². The van der Waals surface area contributed by atoms with Gasteiger partial charge in [0.2, 0.25) is 5.91 Å². The monoisotopic (exact) mass is 400 g/mol. The van der Waals surface area contributed by atoms with E-state index in [0.29, 0.717) is 30.1 Å². The molecular weight excluding hydrogens is 376 g/mol. The van der Waals surface area contributed by atoms with Crippen LogP contribution in [0.15, 0.2) is 48.5 Å². The molecule has 28 heavy (non-hydrogen) atoms. The summed E-state index contributed by atoms with van der Waals surface area (Å²) in [6, 6.07) is 14.9. The summed E-state index contributed by atoms with van der Waals surface area (Å²) in [6.07, 6.45) is 0.358. The van der Waals surface area contributed by atoms with Crippen molar-refractivity contribution >= 4 is 23.5 Å². The lowest BCUT2D eigenvalue weighted by Crippen LogP contribution is -2.57. The zero-order valence-corrected chi connectivity index (χ0v) is 16.9. The van der Waals surface area contributed by atoms with Crippen molar-refractivity contribution in [3.05, 3.63) is 70.2 Å². The van der Waals surface area contributed by atoms with E-state index >= 15 is 0 Å².